The third-order valence-electron chi connectivity index (χ3n) is 1.87. The van der Waals surface area contributed by atoms with Crippen LogP contribution in [0.4, 0.5) is 5.69 Å². The number of halogens is 1. The van der Waals surface area contributed by atoms with E-state index in [2.05, 4.69) is 57.2 Å². The van der Waals surface area contributed by atoms with Gasteiger partial charge in [-0.3, -0.25) is 4.99 Å². The highest BCUT2D eigenvalue weighted by atomic mass is 127. The van der Waals surface area contributed by atoms with E-state index in [1.807, 2.05) is 0 Å². The monoisotopic (exact) mass is 318 g/mol. The molecule has 2 nitrogen and oxygen atoms in total. The molecule has 1 N–H and O–H groups in total. The van der Waals surface area contributed by atoms with Crippen molar-refractivity contribution in [2.75, 3.05) is 17.6 Å². The van der Waals surface area contributed by atoms with Crippen LogP contribution in [-0.4, -0.2) is 17.5 Å². The molecule has 0 aliphatic carbocycles. The van der Waals surface area contributed by atoms with Crippen molar-refractivity contribution < 1.29 is 0 Å². The highest BCUT2D eigenvalue weighted by molar-refractivity contribution is 14.1. The van der Waals surface area contributed by atoms with Gasteiger partial charge in [-0.05, 0) is 47.2 Å². The molecule has 0 saturated heterocycles. The Labute approximate surface area is 102 Å². The van der Waals surface area contributed by atoms with Crippen LogP contribution in [0.3, 0.4) is 0 Å². The zero-order valence-electron chi connectivity index (χ0n) is 7.66. The van der Waals surface area contributed by atoms with Gasteiger partial charge in [0.1, 0.15) is 0 Å². The number of aliphatic imine (C=N–C) groups is 1. The van der Waals surface area contributed by atoms with Gasteiger partial charge in [0.05, 0.1) is 0 Å². The number of hydrogen-bond acceptors (Lipinski definition) is 3. The van der Waals surface area contributed by atoms with Crippen molar-refractivity contribution in [1.29, 1.82) is 0 Å². The number of anilines is 1. The molecule has 0 saturated carbocycles. The normalized spacial score (nSPS) is 16.2. The molecule has 1 aromatic carbocycles. The molecular formula is C10H11IN2S. The van der Waals surface area contributed by atoms with E-state index in [-0.39, 0.29) is 0 Å². The zero-order chi connectivity index (χ0) is 9.80. The van der Waals surface area contributed by atoms with Gasteiger partial charge in [0.25, 0.3) is 0 Å². The molecule has 74 valence electrons. The van der Waals surface area contributed by atoms with Crippen molar-refractivity contribution in [3.05, 3.63) is 27.8 Å². The molecule has 1 aliphatic heterocycles. The summed E-state index contributed by atoms with van der Waals surface area (Å²) >= 11 is 4.11. The van der Waals surface area contributed by atoms with Gasteiger partial charge in [-0.25, -0.2) is 0 Å². The third kappa shape index (κ3) is 2.88. The summed E-state index contributed by atoms with van der Waals surface area (Å²) in [6, 6.07) is 8.33. The molecule has 0 unspecified atom stereocenters. The fourth-order valence-corrected chi connectivity index (χ4v) is 2.61. The van der Waals surface area contributed by atoms with Gasteiger partial charge in [0.2, 0.25) is 0 Å². The van der Waals surface area contributed by atoms with E-state index >= 15 is 0 Å². The fraction of sp³-hybridized carbons (Fsp3) is 0.300. The van der Waals surface area contributed by atoms with Crippen molar-refractivity contribution in [2.45, 2.75) is 6.42 Å². The van der Waals surface area contributed by atoms with Gasteiger partial charge >= 0.3 is 0 Å². The van der Waals surface area contributed by atoms with Crippen molar-refractivity contribution in [3.63, 3.8) is 0 Å². The quantitative estimate of drug-likeness (QED) is 0.804. The summed E-state index contributed by atoms with van der Waals surface area (Å²) in [7, 11) is 0. The molecule has 0 bridgehead atoms. The van der Waals surface area contributed by atoms with Crippen LogP contribution in [0.2, 0.25) is 0 Å². The lowest BCUT2D eigenvalue weighted by atomic mass is 10.3. The first-order valence-corrected chi connectivity index (χ1v) is 6.61. The van der Waals surface area contributed by atoms with Crippen molar-refractivity contribution in [1.82, 2.24) is 0 Å². The first kappa shape index (κ1) is 10.3. The Morgan fingerprint density at radius 3 is 3.07 bits per heavy atom. The number of nitrogens with one attached hydrogen (secondary N) is 1. The summed E-state index contributed by atoms with van der Waals surface area (Å²) in [5, 5.41) is 4.38. The van der Waals surface area contributed by atoms with Crippen LogP contribution in [0, 0.1) is 3.57 Å². The van der Waals surface area contributed by atoms with E-state index in [0.717, 1.165) is 17.4 Å². The Kier molecular flexibility index (Phi) is 3.69. The molecule has 1 aromatic rings. The number of amidine groups is 1. The molecular weight excluding hydrogens is 307 g/mol. The minimum atomic E-state index is 0.958. The van der Waals surface area contributed by atoms with E-state index in [4.69, 9.17) is 0 Å². The number of benzene rings is 1. The van der Waals surface area contributed by atoms with Gasteiger partial charge in [0, 0.05) is 21.6 Å². The Balaban J connectivity index is 2.06. The van der Waals surface area contributed by atoms with Crippen LogP contribution in [0.25, 0.3) is 0 Å². The fourth-order valence-electron chi connectivity index (χ4n) is 1.22. The second-order valence-electron chi connectivity index (χ2n) is 3.02. The molecule has 4 heteroatoms. The van der Waals surface area contributed by atoms with Crippen molar-refractivity contribution in [3.8, 4) is 0 Å². The molecule has 0 atom stereocenters. The second-order valence-corrected chi connectivity index (χ2v) is 5.35. The van der Waals surface area contributed by atoms with Crippen molar-refractivity contribution in [2.24, 2.45) is 4.99 Å². The largest absolute Gasteiger partial charge is 0.335 e. The van der Waals surface area contributed by atoms with Crippen LogP contribution in [0.5, 0.6) is 0 Å². The number of hydrogen-bond donors (Lipinski definition) is 1. The molecule has 0 amide bonds. The highest BCUT2D eigenvalue weighted by Gasteiger charge is 2.05. The van der Waals surface area contributed by atoms with Crippen LogP contribution in [-0.2, 0) is 0 Å². The molecule has 1 aliphatic rings. The van der Waals surface area contributed by atoms with E-state index in [9.17, 15) is 0 Å². The standard InChI is InChI=1S/C10H11IN2S/c11-8-3-1-4-9(7-8)13-10-12-5-2-6-14-10/h1,3-4,7H,2,5-6H2,(H,12,13). The Hall–Kier alpha value is -0.230. The van der Waals surface area contributed by atoms with Crippen molar-refractivity contribution >= 4 is 45.2 Å². The molecule has 1 heterocycles. The zero-order valence-corrected chi connectivity index (χ0v) is 10.6. The minimum absolute atomic E-state index is 0.958. The average molecular weight is 318 g/mol. The molecule has 0 aromatic heterocycles. The molecule has 0 fully saturated rings. The van der Waals surface area contributed by atoms with E-state index < -0.39 is 0 Å². The first-order chi connectivity index (χ1) is 6.84. The SMILES string of the molecule is Ic1cccc(NC2=NCCCS2)c1. The maximum Gasteiger partial charge on any atom is 0.161 e. The van der Waals surface area contributed by atoms with Gasteiger partial charge in [-0.2, -0.15) is 0 Å². The molecule has 0 spiro atoms. The lowest BCUT2D eigenvalue weighted by molar-refractivity contribution is 0.938. The Bertz CT molecular complexity index is 352. The van der Waals surface area contributed by atoms with Gasteiger partial charge in [-0.15, -0.1) is 0 Å². The minimum Gasteiger partial charge on any atom is -0.335 e. The third-order valence-corrected chi connectivity index (χ3v) is 3.54. The van der Waals surface area contributed by atoms with E-state index in [1.165, 1.54) is 15.7 Å². The lowest BCUT2D eigenvalue weighted by Crippen LogP contribution is -2.13. The first-order valence-electron chi connectivity index (χ1n) is 4.54. The van der Waals surface area contributed by atoms with Crippen LogP contribution in [0.15, 0.2) is 29.3 Å². The van der Waals surface area contributed by atoms with Crippen LogP contribution >= 0.6 is 34.4 Å². The highest BCUT2D eigenvalue weighted by Crippen LogP contribution is 2.17. The maximum atomic E-state index is 4.42. The lowest BCUT2D eigenvalue weighted by Gasteiger charge is -2.13. The number of rotatable bonds is 1. The molecule has 14 heavy (non-hydrogen) atoms. The summed E-state index contributed by atoms with van der Waals surface area (Å²) < 4.78 is 1.24. The molecule has 0 radical (unpaired) electrons. The van der Waals surface area contributed by atoms with Gasteiger partial charge in [-0.1, -0.05) is 17.8 Å². The van der Waals surface area contributed by atoms with Crippen LogP contribution < -0.4 is 5.32 Å². The summed E-state index contributed by atoms with van der Waals surface area (Å²) in [5.41, 5.74) is 1.13. The van der Waals surface area contributed by atoms with E-state index in [0.29, 0.717) is 0 Å². The Morgan fingerprint density at radius 1 is 1.43 bits per heavy atom. The number of thioether (sulfide) groups is 1. The van der Waals surface area contributed by atoms with E-state index in [1.54, 1.807) is 11.8 Å². The summed E-state index contributed by atoms with van der Waals surface area (Å²) in [5.74, 6) is 1.18. The summed E-state index contributed by atoms with van der Waals surface area (Å²) in [4.78, 5) is 4.42. The second kappa shape index (κ2) is 5.02. The van der Waals surface area contributed by atoms with Gasteiger partial charge < -0.3 is 5.32 Å². The summed E-state index contributed by atoms with van der Waals surface area (Å²) in [6.45, 7) is 0.958. The predicted octanol–water partition coefficient (Wildman–Crippen LogP) is 3.20. The average Bonchev–Trinajstić information content (AvgIpc) is 2.19. The number of nitrogens with zero attached hydrogens (tertiary/aromatic N) is 1. The predicted molar refractivity (Wildman–Crippen MR) is 72.2 cm³/mol. The smallest absolute Gasteiger partial charge is 0.161 e. The topological polar surface area (TPSA) is 24.4 Å². The maximum absolute atomic E-state index is 4.42. The molecule has 2 rings (SSSR count). The summed E-state index contributed by atoms with van der Waals surface area (Å²) in [6.07, 6.45) is 1.20. The van der Waals surface area contributed by atoms with Crippen LogP contribution in [0.1, 0.15) is 6.42 Å². The van der Waals surface area contributed by atoms with Gasteiger partial charge in [0.15, 0.2) is 5.17 Å². The Morgan fingerprint density at radius 2 is 2.36 bits per heavy atom.